The SMILES string of the molecule is COC1CNC(c2nc(-c3cncn3C)no2)C1. The molecular weight excluding hydrogens is 234 g/mol. The average Bonchev–Trinajstić information content (AvgIpc) is 3.07. The second kappa shape index (κ2) is 4.51. The van der Waals surface area contributed by atoms with Gasteiger partial charge in [0.15, 0.2) is 0 Å². The Labute approximate surface area is 104 Å². The predicted octanol–water partition coefficient (Wildman–Crippen LogP) is 0.519. The standard InChI is InChI=1S/C11H15N5O2/c1-16-6-12-5-9(16)10-14-11(18-15-10)8-3-7(17-2)4-13-8/h5-8,13H,3-4H2,1-2H3. The van der Waals surface area contributed by atoms with Crippen molar-refractivity contribution in [3.8, 4) is 11.5 Å². The first-order valence-corrected chi connectivity index (χ1v) is 5.84. The van der Waals surface area contributed by atoms with Crippen LogP contribution >= 0.6 is 0 Å². The number of hydrogen-bond acceptors (Lipinski definition) is 6. The lowest BCUT2D eigenvalue weighted by atomic mass is 10.2. The van der Waals surface area contributed by atoms with Crippen molar-refractivity contribution >= 4 is 0 Å². The summed E-state index contributed by atoms with van der Waals surface area (Å²) < 4.78 is 12.5. The Kier molecular flexibility index (Phi) is 2.85. The molecular formula is C11H15N5O2. The zero-order valence-electron chi connectivity index (χ0n) is 10.3. The van der Waals surface area contributed by atoms with Gasteiger partial charge in [0.1, 0.15) is 5.69 Å². The van der Waals surface area contributed by atoms with Crippen molar-refractivity contribution < 1.29 is 9.26 Å². The summed E-state index contributed by atoms with van der Waals surface area (Å²) in [6.07, 6.45) is 4.49. The molecule has 1 saturated heterocycles. The summed E-state index contributed by atoms with van der Waals surface area (Å²) in [6.45, 7) is 0.810. The monoisotopic (exact) mass is 249 g/mol. The fourth-order valence-corrected chi connectivity index (χ4v) is 2.12. The topological polar surface area (TPSA) is 78.0 Å². The minimum Gasteiger partial charge on any atom is -0.380 e. The van der Waals surface area contributed by atoms with Crippen LogP contribution in [-0.2, 0) is 11.8 Å². The molecule has 1 N–H and O–H groups in total. The van der Waals surface area contributed by atoms with Gasteiger partial charge in [0, 0.05) is 20.7 Å². The highest BCUT2D eigenvalue weighted by atomic mass is 16.5. The van der Waals surface area contributed by atoms with Crippen molar-refractivity contribution in [3.05, 3.63) is 18.4 Å². The van der Waals surface area contributed by atoms with Gasteiger partial charge in [0.05, 0.1) is 24.7 Å². The predicted molar refractivity (Wildman–Crippen MR) is 62.7 cm³/mol. The smallest absolute Gasteiger partial charge is 0.244 e. The Hall–Kier alpha value is -1.73. The van der Waals surface area contributed by atoms with Crippen molar-refractivity contribution in [2.75, 3.05) is 13.7 Å². The van der Waals surface area contributed by atoms with Gasteiger partial charge in [-0.2, -0.15) is 4.98 Å². The van der Waals surface area contributed by atoms with Gasteiger partial charge in [-0.3, -0.25) is 0 Å². The summed E-state index contributed by atoms with van der Waals surface area (Å²) in [6, 6.07) is 0.0735. The summed E-state index contributed by atoms with van der Waals surface area (Å²) in [4.78, 5) is 8.44. The summed E-state index contributed by atoms with van der Waals surface area (Å²) in [7, 11) is 3.61. The molecule has 0 saturated carbocycles. The van der Waals surface area contributed by atoms with Gasteiger partial charge in [0.25, 0.3) is 0 Å². The maximum atomic E-state index is 5.30. The molecule has 2 unspecified atom stereocenters. The van der Waals surface area contributed by atoms with Crippen LogP contribution in [0, 0.1) is 0 Å². The van der Waals surface area contributed by atoms with Crippen LogP contribution in [-0.4, -0.2) is 39.5 Å². The van der Waals surface area contributed by atoms with E-state index in [9.17, 15) is 0 Å². The molecule has 0 bridgehead atoms. The van der Waals surface area contributed by atoms with Gasteiger partial charge in [0.2, 0.25) is 11.7 Å². The van der Waals surface area contributed by atoms with E-state index in [1.54, 1.807) is 19.6 Å². The molecule has 3 rings (SSSR count). The summed E-state index contributed by atoms with van der Waals surface area (Å²) >= 11 is 0. The largest absolute Gasteiger partial charge is 0.380 e. The molecule has 2 aromatic rings. The molecule has 0 amide bonds. The molecule has 2 aromatic heterocycles. The number of hydrogen-bond donors (Lipinski definition) is 1. The Balaban J connectivity index is 1.80. The lowest BCUT2D eigenvalue weighted by molar-refractivity contribution is 0.116. The van der Waals surface area contributed by atoms with Crippen molar-refractivity contribution in [2.24, 2.45) is 7.05 Å². The van der Waals surface area contributed by atoms with E-state index < -0.39 is 0 Å². The molecule has 0 aliphatic carbocycles. The molecule has 1 aliphatic rings. The number of nitrogens with zero attached hydrogens (tertiary/aromatic N) is 4. The summed E-state index contributed by atoms with van der Waals surface area (Å²) in [5.74, 6) is 1.17. The highest BCUT2D eigenvalue weighted by Gasteiger charge is 2.29. The number of rotatable bonds is 3. The van der Waals surface area contributed by atoms with E-state index in [1.807, 2.05) is 11.6 Å². The van der Waals surface area contributed by atoms with Crippen molar-refractivity contribution in [1.82, 2.24) is 25.0 Å². The number of aryl methyl sites for hydroxylation is 1. The van der Waals surface area contributed by atoms with Crippen LogP contribution in [0.2, 0.25) is 0 Å². The van der Waals surface area contributed by atoms with Crippen LogP contribution in [0.1, 0.15) is 18.4 Å². The van der Waals surface area contributed by atoms with Crippen LogP contribution in [0.3, 0.4) is 0 Å². The first-order valence-electron chi connectivity index (χ1n) is 5.84. The molecule has 96 valence electrons. The highest BCUT2D eigenvalue weighted by Crippen LogP contribution is 2.25. The number of nitrogens with one attached hydrogen (secondary N) is 1. The molecule has 2 atom stereocenters. The zero-order valence-corrected chi connectivity index (χ0v) is 10.3. The van der Waals surface area contributed by atoms with E-state index in [4.69, 9.17) is 9.26 Å². The quantitative estimate of drug-likeness (QED) is 0.854. The van der Waals surface area contributed by atoms with E-state index in [1.165, 1.54) is 0 Å². The summed E-state index contributed by atoms with van der Waals surface area (Å²) in [5, 5.41) is 7.29. The van der Waals surface area contributed by atoms with Crippen LogP contribution in [0.25, 0.3) is 11.5 Å². The van der Waals surface area contributed by atoms with Crippen molar-refractivity contribution in [3.63, 3.8) is 0 Å². The van der Waals surface area contributed by atoms with Crippen molar-refractivity contribution in [2.45, 2.75) is 18.6 Å². The van der Waals surface area contributed by atoms with Gasteiger partial charge in [-0.1, -0.05) is 5.16 Å². The zero-order chi connectivity index (χ0) is 12.5. The maximum absolute atomic E-state index is 5.30. The number of methoxy groups -OCH3 is 1. The molecule has 7 nitrogen and oxygen atoms in total. The Morgan fingerprint density at radius 2 is 2.44 bits per heavy atom. The number of aromatic nitrogens is 4. The fourth-order valence-electron chi connectivity index (χ4n) is 2.12. The van der Waals surface area contributed by atoms with Gasteiger partial charge < -0.3 is 19.1 Å². The normalized spacial score (nSPS) is 23.7. The van der Waals surface area contributed by atoms with Gasteiger partial charge in [-0.15, -0.1) is 0 Å². The molecule has 0 spiro atoms. The second-order valence-corrected chi connectivity index (χ2v) is 4.40. The Bertz CT molecular complexity index is 535. The minimum absolute atomic E-state index is 0.0735. The molecule has 0 radical (unpaired) electrons. The van der Waals surface area contributed by atoms with Crippen LogP contribution < -0.4 is 5.32 Å². The van der Waals surface area contributed by atoms with Crippen LogP contribution in [0.4, 0.5) is 0 Å². The average molecular weight is 249 g/mol. The first-order chi connectivity index (χ1) is 8.78. The fraction of sp³-hybridized carbons (Fsp3) is 0.545. The lowest BCUT2D eigenvalue weighted by Crippen LogP contribution is -2.16. The van der Waals surface area contributed by atoms with Crippen molar-refractivity contribution in [1.29, 1.82) is 0 Å². The molecule has 1 fully saturated rings. The number of ether oxygens (including phenoxy) is 1. The first kappa shape index (κ1) is 11.4. The molecule has 7 heteroatoms. The minimum atomic E-state index is 0.0735. The molecule has 18 heavy (non-hydrogen) atoms. The van der Waals surface area contributed by atoms with Gasteiger partial charge >= 0.3 is 0 Å². The van der Waals surface area contributed by atoms with Crippen LogP contribution in [0.5, 0.6) is 0 Å². The van der Waals surface area contributed by atoms with Crippen LogP contribution in [0.15, 0.2) is 17.0 Å². The Morgan fingerprint density at radius 3 is 3.11 bits per heavy atom. The molecule has 3 heterocycles. The summed E-state index contributed by atoms with van der Waals surface area (Å²) in [5.41, 5.74) is 0.839. The third kappa shape index (κ3) is 1.91. The third-order valence-electron chi connectivity index (χ3n) is 3.21. The van der Waals surface area contributed by atoms with E-state index >= 15 is 0 Å². The number of imidazole rings is 1. The Morgan fingerprint density at radius 1 is 1.56 bits per heavy atom. The lowest BCUT2D eigenvalue weighted by Gasteiger charge is -2.04. The maximum Gasteiger partial charge on any atom is 0.244 e. The van der Waals surface area contributed by atoms with E-state index in [0.717, 1.165) is 18.7 Å². The van der Waals surface area contributed by atoms with E-state index in [0.29, 0.717) is 11.7 Å². The van der Waals surface area contributed by atoms with E-state index in [2.05, 4.69) is 20.4 Å². The molecule has 0 aromatic carbocycles. The third-order valence-corrected chi connectivity index (χ3v) is 3.21. The van der Waals surface area contributed by atoms with Gasteiger partial charge in [-0.25, -0.2) is 4.98 Å². The molecule has 1 aliphatic heterocycles. The highest BCUT2D eigenvalue weighted by molar-refractivity contribution is 5.47. The second-order valence-electron chi connectivity index (χ2n) is 4.40. The van der Waals surface area contributed by atoms with Gasteiger partial charge in [-0.05, 0) is 6.42 Å². The van der Waals surface area contributed by atoms with E-state index in [-0.39, 0.29) is 12.1 Å².